The predicted octanol–water partition coefficient (Wildman–Crippen LogP) is -0.111. The van der Waals surface area contributed by atoms with E-state index in [9.17, 15) is 4.79 Å². The van der Waals surface area contributed by atoms with Crippen LogP contribution >= 0.6 is 0 Å². The van der Waals surface area contributed by atoms with Gasteiger partial charge in [-0.05, 0) is 13.8 Å². The van der Waals surface area contributed by atoms with Crippen LogP contribution in [0.2, 0.25) is 0 Å². The molecule has 0 saturated carbocycles. The highest BCUT2D eigenvalue weighted by atomic mass is 16.4. The number of aliphatic carboxylic acids is 1. The summed E-state index contributed by atoms with van der Waals surface area (Å²) in [5, 5.41) is 17.9. The maximum atomic E-state index is 10.4. The van der Waals surface area contributed by atoms with Crippen LogP contribution in [0.1, 0.15) is 13.8 Å². The molecule has 0 aliphatic rings. The quantitative estimate of drug-likeness (QED) is 0.443. The smallest absolute Gasteiger partial charge is 0.325 e. The van der Waals surface area contributed by atoms with E-state index in [2.05, 4.69) is 5.32 Å². The summed E-state index contributed by atoms with van der Waals surface area (Å²) >= 11 is 0. The van der Waals surface area contributed by atoms with Crippen LogP contribution in [0.3, 0.4) is 0 Å². The number of allylic oxidation sites excluding steroid dienone is 2. The third-order valence-electron chi connectivity index (χ3n) is 1.39. The number of nitrogens with two attached hydrogens (primary N) is 1. The van der Waals surface area contributed by atoms with E-state index in [4.69, 9.17) is 16.2 Å². The first kappa shape index (κ1) is 10.5. The summed E-state index contributed by atoms with van der Waals surface area (Å²) in [6.07, 6.45) is 0.969. The summed E-state index contributed by atoms with van der Waals surface area (Å²) in [6.45, 7) is 3.13. The molecule has 0 fully saturated rings. The van der Waals surface area contributed by atoms with Gasteiger partial charge in [0.05, 0.1) is 5.70 Å². The van der Waals surface area contributed by atoms with Crippen molar-refractivity contribution in [2.45, 2.75) is 19.9 Å². The Kier molecular flexibility index (Phi) is 3.82. The maximum Gasteiger partial charge on any atom is 0.325 e. The van der Waals surface area contributed by atoms with Crippen molar-refractivity contribution >= 4 is 12.2 Å². The molecule has 5 N–H and O–H groups in total. The Balaban J connectivity index is 4.27. The number of nitrogens with one attached hydrogen (secondary N) is 2. The minimum atomic E-state index is -0.952. The summed E-state index contributed by atoms with van der Waals surface area (Å²) < 4.78 is 0. The van der Waals surface area contributed by atoms with Gasteiger partial charge in [-0.25, -0.2) is 0 Å². The molecule has 0 radical (unpaired) electrons. The molecule has 12 heavy (non-hydrogen) atoms. The van der Waals surface area contributed by atoms with Gasteiger partial charge in [0.15, 0.2) is 0 Å². The second-order valence-electron chi connectivity index (χ2n) is 2.43. The molecule has 5 nitrogen and oxygen atoms in total. The van der Waals surface area contributed by atoms with E-state index < -0.39 is 12.0 Å². The largest absolute Gasteiger partial charge is 0.480 e. The normalized spacial score (nSPS) is 14.5. The van der Waals surface area contributed by atoms with Gasteiger partial charge in [-0.15, -0.1) is 0 Å². The molecule has 5 heteroatoms. The topological polar surface area (TPSA) is 99.2 Å². The number of rotatable bonds is 4. The van der Waals surface area contributed by atoms with Gasteiger partial charge in [0.1, 0.15) is 6.04 Å². The first-order valence-corrected chi connectivity index (χ1v) is 3.45. The molecule has 0 aliphatic carbocycles. The minimum absolute atomic E-state index is 0.239. The molecule has 0 heterocycles. The molecule has 1 atom stereocenters. The van der Waals surface area contributed by atoms with Crippen molar-refractivity contribution in [1.29, 1.82) is 5.41 Å². The third kappa shape index (κ3) is 3.05. The van der Waals surface area contributed by atoms with Crippen LogP contribution in [-0.2, 0) is 4.79 Å². The Morgan fingerprint density at radius 3 is 2.58 bits per heavy atom. The first-order valence-electron chi connectivity index (χ1n) is 3.45. The average Bonchev–Trinajstić information content (AvgIpc) is 2.02. The number of hydrogen-bond acceptors (Lipinski definition) is 4. The molecule has 0 spiro atoms. The van der Waals surface area contributed by atoms with Crippen molar-refractivity contribution < 1.29 is 9.90 Å². The van der Waals surface area contributed by atoms with Crippen molar-refractivity contribution in [2.75, 3.05) is 0 Å². The molecule has 0 saturated heterocycles. The number of carboxylic acid groups (broad SMARTS) is 1. The summed E-state index contributed by atoms with van der Waals surface area (Å²) in [4.78, 5) is 10.4. The molecule has 0 bridgehead atoms. The maximum absolute atomic E-state index is 10.4. The zero-order chi connectivity index (χ0) is 9.72. The van der Waals surface area contributed by atoms with Crippen molar-refractivity contribution in [3.05, 3.63) is 11.4 Å². The van der Waals surface area contributed by atoms with E-state index in [1.807, 2.05) is 0 Å². The van der Waals surface area contributed by atoms with E-state index in [1.54, 1.807) is 6.92 Å². The Hall–Kier alpha value is -1.52. The Bertz CT molecular complexity index is 223. The van der Waals surface area contributed by atoms with Crippen LogP contribution in [-0.4, -0.2) is 23.3 Å². The molecular formula is C7H13N3O2. The predicted molar refractivity (Wildman–Crippen MR) is 45.9 cm³/mol. The van der Waals surface area contributed by atoms with Crippen molar-refractivity contribution in [1.82, 2.24) is 5.32 Å². The highest BCUT2D eigenvalue weighted by Crippen LogP contribution is 1.93. The van der Waals surface area contributed by atoms with Gasteiger partial charge in [0, 0.05) is 11.9 Å². The lowest BCUT2D eigenvalue weighted by Crippen LogP contribution is -2.33. The highest BCUT2D eigenvalue weighted by Gasteiger charge is 2.10. The lowest BCUT2D eigenvalue weighted by Gasteiger charge is -2.11. The van der Waals surface area contributed by atoms with Crippen LogP contribution < -0.4 is 11.1 Å². The summed E-state index contributed by atoms with van der Waals surface area (Å²) in [7, 11) is 0. The van der Waals surface area contributed by atoms with Gasteiger partial charge in [0.25, 0.3) is 0 Å². The molecule has 68 valence electrons. The average molecular weight is 171 g/mol. The van der Waals surface area contributed by atoms with Gasteiger partial charge in [-0.3, -0.25) is 4.79 Å². The number of hydrogen-bond donors (Lipinski definition) is 4. The molecule has 0 amide bonds. The Morgan fingerprint density at radius 2 is 2.25 bits per heavy atom. The molecular weight excluding hydrogens is 158 g/mol. The van der Waals surface area contributed by atoms with Crippen molar-refractivity contribution in [2.24, 2.45) is 5.73 Å². The van der Waals surface area contributed by atoms with Crippen molar-refractivity contribution in [3.8, 4) is 0 Å². The zero-order valence-corrected chi connectivity index (χ0v) is 7.09. The Morgan fingerprint density at radius 1 is 1.75 bits per heavy atom. The van der Waals surface area contributed by atoms with E-state index >= 15 is 0 Å². The second-order valence-corrected chi connectivity index (χ2v) is 2.43. The number of carbonyl (C=O) groups is 1. The lowest BCUT2D eigenvalue weighted by molar-refractivity contribution is -0.138. The van der Waals surface area contributed by atoms with E-state index in [-0.39, 0.29) is 5.70 Å². The van der Waals surface area contributed by atoms with Gasteiger partial charge < -0.3 is 21.6 Å². The van der Waals surface area contributed by atoms with Gasteiger partial charge in [-0.2, -0.15) is 0 Å². The molecule has 1 unspecified atom stereocenters. The van der Waals surface area contributed by atoms with Crippen LogP contribution in [0.5, 0.6) is 0 Å². The number of carboxylic acids is 1. The summed E-state index contributed by atoms with van der Waals surface area (Å²) in [6, 6.07) is -0.691. The Labute approximate surface area is 70.8 Å². The molecule has 0 aliphatic heterocycles. The van der Waals surface area contributed by atoms with Gasteiger partial charge >= 0.3 is 5.97 Å². The van der Waals surface area contributed by atoms with Crippen LogP contribution in [0.4, 0.5) is 0 Å². The van der Waals surface area contributed by atoms with Gasteiger partial charge in [0.2, 0.25) is 0 Å². The zero-order valence-electron chi connectivity index (χ0n) is 7.09. The fraction of sp³-hybridized carbons (Fsp3) is 0.429. The van der Waals surface area contributed by atoms with Crippen molar-refractivity contribution in [3.63, 3.8) is 0 Å². The molecule has 0 aromatic carbocycles. The molecule has 0 aromatic rings. The van der Waals surface area contributed by atoms with E-state index in [1.165, 1.54) is 6.92 Å². The van der Waals surface area contributed by atoms with E-state index in [0.717, 1.165) is 6.21 Å². The standard InChI is InChI=1S/C7H13N3O2/c1-4(6(9)3-8)10-5(2)7(11)12/h3,5,8,10H,9H2,1-2H3,(H,11,12)/b6-4+,8-3?. The van der Waals surface area contributed by atoms with Crippen LogP contribution in [0.25, 0.3) is 0 Å². The monoisotopic (exact) mass is 171 g/mol. The van der Waals surface area contributed by atoms with E-state index in [0.29, 0.717) is 5.70 Å². The fourth-order valence-corrected chi connectivity index (χ4v) is 0.578. The lowest BCUT2D eigenvalue weighted by atomic mass is 10.3. The fourth-order valence-electron chi connectivity index (χ4n) is 0.578. The van der Waals surface area contributed by atoms with Crippen LogP contribution in [0, 0.1) is 5.41 Å². The first-order chi connectivity index (χ1) is 5.49. The third-order valence-corrected chi connectivity index (χ3v) is 1.39. The second kappa shape index (κ2) is 4.38. The molecule has 0 aromatic heterocycles. The van der Waals surface area contributed by atoms with Crippen LogP contribution in [0.15, 0.2) is 11.4 Å². The molecule has 0 rings (SSSR count). The van der Waals surface area contributed by atoms with Gasteiger partial charge in [-0.1, -0.05) is 0 Å². The summed E-state index contributed by atoms with van der Waals surface area (Å²) in [5.41, 5.74) is 6.08. The highest BCUT2D eigenvalue weighted by molar-refractivity contribution is 5.76. The minimum Gasteiger partial charge on any atom is -0.480 e. The SMILES string of the molecule is C/C(NC(C)C(=O)O)=C(\N)C=N. The summed E-state index contributed by atoms with van der Waals surface area (Å²) in [5.74, 6) is -0.952.